The summed E-state index contributed by atoms with van der Waals surface area (Å²) in [5.74, 6) is -0.542. The largest absolute Gasteiger partial charge is 0.496 e. The number of benzene rings is 1. The first kappa shape index (κ1) is 16.4. The Bertz CT molecular complexity index is 731. The van der Waals surface area contributed by atoms with E-state index in [-0.39, 0.29) is 50.7 Å². The van der Waals surface area contributed by atoms with Gasteiger partial charge in [0.15, 0.2) is 11.6 Å². The van der Waals surface area contributed by atoms with E-state index in [9.17, 15) is 14.4 Å². The molecule has 1 aromatic carbocycles. The Morgan fingerprint density at radius 1 is 1.14 bits per heavy atom. The zero-order chi connectivity index (χ0) is 16.6. The van der Waals surface area contributed by atoms with Crippen LogP contribution in [0.3, 0.4) is 0 Å². The van der Waals surface area contributed by atoms with Gasteiger partial charge in [0.25, 0.3) is 0 Å². The zero-order valence-electron chi connectivity index (χ0n) is 12.7. The number of halogens is 1. The summed E-state index contributed by atoms with van der Waals surface area (Å²) in [6.07, 6.45) is 1.39. The molecule has 0 bridgehead atoms. The first-order valence-electron chi connectivity index (χ1n) is 6.66. The maximum absolute atomic E-state index is 12.5. The van der Waals surface area contributed by atoms with Crippen LogP contribution < -0.4 is 9.47 Å². The second kappa shape index (κ2) is 6.04. The number of carbonyl (C=O) groups excluding carboxylic acids is 3. The van der Waals surface area contributed by atoms with Crippen molar-refractivity contribution in [2.45, 2.75) is 20.3 Å². The van der Waals surface area contributed by atoms with Gasteiger partial charge in [-0.25, -0.2) is 0 Å². The van der Waals surface area contributed by atoms with Crippen molar-refractivity contribution in [3.8, 4) is 11.5 Å². The molecule has 1 aliphatic rings. The number of allylic oxidation sites excluding steroid dienone is 2. The van der Waals surface area contributed by atoms with Crippen molar-refractivity contribution in [3.05, 3.63) is 32.8 Å². The van der Waals surface area contributed by atoms with Crippen LogP contribution in [0.5, 0.6) is 11.5 Å². The standard InChI is InChI=1S/C16H15BrO5/c1-5-9(18)11-13-12(10(19)6-8(17)14(13)20)16(22-4)7(2)15(11)21-3/h6H,5H2,1-4H3. The quantitative estimate of drug-likeness (QED) is 0.764. The molecule has 0 saturated carbocycles. The van der Waals surface area contributed by atoms with Crippen molar-refractivity contribution in [2.24, 2.45) is 0 Å². The van der Waals surface area contributed by atoms with Crippen LogP contribution in [0.15, 0.2) is 10.6 Å². The Labute approximate surface area is 136 Å². The van der Waals surface area contributed by atoms with Gasteiger partial charge in [-0.3, -0.25) is 14.4 Å². The van der Waals surface area contributed by atoms with Crippen LogP contribution in [0.1, 0.15) is 50.0 Å². The molecule has 0 fully saturated rings. The average Bonchev–Trinajstić information content (AvgIpc) is 2.50. The van der Waals surface area contributed by atoms with Gasteiger partial charge in [-0.15, -0.1) is 0 Å². The predicted molar refractivity (Wildman–Crippen MR) is 84.6 cm³/mol. The molecule has 0 spiro atoms. The van der Waals surface area contributed by atoms with Crippen LogP contribution in [-0.4, -0.2) is 31.6 Å². The Balaban J connectivity index is 3.01. The predicted octanol–water partition coefficient (Wildman–Crippen LogP) is 3.26. The Morgan fingerprint density at radius 2 is 1.73 bits per heavy atom. The highest BCUT2D eigenvalue weighted by Crippen LogP contribution is 2.42. The second-order valence-corrected chi connectivity index (χ2v) is 5.63. The molecule has 2 rings (SSSR count). The highest BCUT2D eigenvalue weighted by Gasteiger charge is 2.36. The SMILES string of the molecule is CCC(=O)c1c(OC)c(C)c(OC)c2c1C(=O)C(Br)=CC2=O. The first-order chi connectivity index (χ1) is 10.4. The van der Waals surface area contributed by atoms with Crippen molar-refractivity contribution in [1.29, 1.82) is 0 Å². The molecule has 0 heterocycles. The molecule has 0 radical (unpaired) electrons. The lowest BCUT2D eigenvalue weighted by Gasteiger charge is -2.23. The maximum atomic E-state index is 12.5. The van der Waals surface area contributed by atoms with Gasteiger partial charge in [-0.05, 0) is 22.9 Å². The van der Waals surface area contributed by atoms with Gasteiger partial charge in [0.05, 0.1) is 35.4 Å². The number of rotatable bonds is 4. The number of ketones is 3. The number of Topliss-reactive ketones (excluding diaryl/α,β-unsaturated/α-hetero) is 2. The molecule has 0 N–H and O–H groups in total. The Morgan fingerprint density at radius 3 is 2.23 bits per heavy atom. The summed E-state index contributed by atoms with van der Waals surface area (Å²) < 4.78 is 10.7. The summed E-state index contributed by atoms with van der Waals surface area (Å²) in [4.78, 5) is 37.2. The highest BCUT2D eigenvalue weighted by molar-refractivity contribution is 9.12. The van der Waals surface area contributed by atoms with E-state index in [1.165, 1.54) is 20.3 Å². The normalized spacial score (nSPS) is 13.6. The van der Waals surface area contributed by atoms with Crippen LogP contribution in [-0.2, 0) is 0 Å². The molecule has 5 nitrogen and oxygen atoms in total. The number of carbonyl (C=O) groups is 3. The minimum atomic E-state index is -0.428. The number of ether oxygens (including phenoxy) is 2. The van der Waals surface area contributed by atoms with Crippen LogP contribution in [0.25, 0.3) is 0 Å². The summed E-state index contributed by atoms with van der Waals surface area (Å²) in [5, 5.41) is 0. The molecule has 0 aliphatic heterocycles. The van der Waals surface area contributed by atoms with Crippen LogP contribution in [0.4, 0.5) is 0 Å². The van der Waals surface area contributed by atoms with E-state index in [0.29, 0.717) is 5.56 Å². The number of hydrogen-bond acceptors (Lipinski definition) is 5. The van der Waals surface area contributed by atoms with Gasteiger partial charge in [0.2, 0.25) is 5.78 Å². The molecule has 0 unspecified atom stereocenters. The fourth-order valence-corrected chi connectivity index (χ4v) is 3.02. The van der Waals surface area contributed by atoms with Crippen molar-refractivity contribution < 1.29 is 23.9 Å². The van der Waals surface area contributed by atoms with Gasteiger partial charge in [-0.2, -0.15) is 0 Å². The fraction of sp³-hybridized carbons (Fsp3) is 0.312. The number of hydrogen-bond donors (Lipinski definition) is 0. The molecular formula is C16H15BrO5. The minimum absolute atomic E-state index is 0.0468. The van der Waals surface area contributed by atoms with E-state index in [4.69, 9.17) is 9.47 Å². The summed E-state index contributed by atoms with van der Waals surface area (Å²) >= 11 is 3.08. The van der Waals surface area contributed by atoms with Gasteiger partial charge in [0.1, 0.15) is 11.5 Å². The molecule has 0 amide bonds. The minimum Gasteiger partial charge on any atom is -0.496 e. The van der Waals surface area contributed by atoms with Crippen molar-refractivity contribution >= 4 is 33.3 Å². The van der Waals surface area contributed by atoms with Crippen LogP contribution >= 0.6 is 15.9 Å². The highest BCUT2D eigenvalue weighted by atomic mass is 79.9. The average molecular weight is 367 g/mol. The van der Waals surface area contributed by atoms with E-state index in [1.807, 2.05) is 0 Å². The molecule has 0 saturated heterocycles. The summed E-state index contributed by atoms with van der Waals surface area (Å²) in [7, 11) is 2.83. The van der Waals surface area contributed by atoms with E-state index >= 15 is 0 Å². The molecule has 0 atom stereocenters. The van der Waals surface area contributed by atoms with Crippen molar-refractivity contribution in [1.82, 2.24) is 0 Å². The third-order valence-electron chi connectivity index (χ3n) is 3.59. The van der Waals surface area contributed by atoms with Gasteiger partial charge < -0.3 is 9.47 Å². The van der Waals surface area contributed by atoms with E-state index in [0.717, 1.165) is 0 Å². The smallest absolute Gasteiger partial charge is 0.201 e. The van der Waals surface area contributed by atoms with E-state index in [1.54, 1.807) is 13.8 Å². The molecule has 0 aromatic heterocycles. The lowest BCUT2D eigenvalue weighted by molar-refractivity contribution is 0.0961. The van der Waals surface area contributed by atoms with Crippen LogP contribution in [0, 0.1) is 6.92 Å². The lowest BCUT2D eigenvalue weighted by Crippen LogP contribution is -2.22. The zero-order valence-corrected chi connectivity index (χ0v) is 14.3. The second-order valence-electron chi connectivity index (χ2n) is 4.78. The summed E-state index contributed by atoms with van der Waals surface area (Å²) in [6.45, 7) is 3.38. The molecule has 116 valence electrons. The van der Waals surface area contributed by atoms with E-state index in [2.05, 4.69) is 15.9 Å². The monoisotopic (exact) mass is 366 g/mol. The number of fused-ring (bicyclic) bond motifs is 1. The van der Waals surface area contributed by atoms with Crippen molar-refractivity contribution in [3.63, 3.8) is 0 Å². The first-order valence-corrected chi connectivity index (χ1v) is 7.46. The molecule has 22 heavy (non-hydrogen) atoms. The third-order valence-corrected chi connectivity index (χ3v) is 4.18. The summed E-state index contributed by atoms with van der Waals surface area (Å²) in [5.41, 5.74) is 0.825. The Kier molecular flexibility index (Phi) is 4.51. The van der Waals surface area contributed by atoms with E-state index < -0.39 is 5.78 Å². The fourth-order valence-electron chi connectivity index (χ4n) is 2.62. The van der Waals surface area contributed by atoms with Crippen molar-refractivity contribution in [2.75, 3.05) is 14.2 Å². The molecule has 1 aromatic rings. The molecular weight excluding hydrogens is 352 g/mol. The number of methoxy groups -OCH3 is 2. The topological polar surface area (TPSA) is 69.7 Å². The van der Waals surface area contributed by atoms with Gasteiger partial charge in [0, 0.05) is 18.1 Å². The van der Waals surface area contributed by atoms with Gasteiger partial charge in [-0.1, -0.05) is 6.92 Å². The van der Waals surface area contributed by atoms with Gasteiger partial charge >= 0.3 is 0 Å². The lowest BCUT2D eigenvalue weighted by atomic mass is 9.85. The maximum Gasteiger partial charge on any atom is 0.201 e. The third kappa shape index (κ3) is 2.27. The Hall–Kier alpha value is -1.95. The molecule has 6 heteroatoms. The summed E-state index contributed by atoms with van der Waals surface area (Å²) in [6, 6.07) is 0. The molecule has 1 aliphatic carbocycles. The van der Waals surface area contributed by atoms with Crippen LogP contribution in [0.2, 0.25) is 0 Å².